The van der Waals surface area contributed by atoms with Crippen molar-refractivity contribution in [2.45, 2.75) is 38.3 Å². The molecule has 6 heteroatoms. The normalized spacial score (nSPS) is 19.6. The van der Waals surface area contributed by atoms with Gasteiger partial charge in [-0.05, 0) is 56.7 Å². The lowest BCUT2D eigenvalue weighted by Crippen LogP contribution is -2.46. The molecular formula is C20H19ClN2O3. The van der Waals surface area contributed by atoms with Crippen molar-refractivity contribution in [2.24, 2.45) is 10.2 Å². The highest BCUT2D eigenvalue weighted by molar-refractivity contribution is 6.31. The molecule has 2 aromatic carbocycles. The molecule has 0 unspecified atom stereocenters. The Kier molecular flexibility index (Phi) is 4.67. The monoisotopic (exact) mass is 370 g/mol. The standard InChI is InChI=1S/C20H19ClN2O3/c1-19(2,3)26-18(25)20(23-22-15-7-5-4-6-8-15)12-13-11-14(21)9-10-16(13)17(20)24/h4-11H,12H2,1-3H3/t20-/m1/s1. The Morgan fingerprint density at radius 1 is 1.15 bits per heavy atom. The van der Waals surface area contributed by atoms with E-state index >= 15 is 0 Å². The van der Waals surface area contributed by atoms with Crippen LogP contribution in [0.2, 0.25) is 5.02 Å². The van der Waals surface area contributed by atoms with Crippen LogP contribution in [0.4, 0.5) is 5.69 Å². The van der Waals surface area contributed by atoms with Crippen LogP contribution in [-0.2, 0) is 16.0 Å². The predicted octanol–water partition coefficient (Wildman–Crippen LogP) is 4.94. The highest BCUT2D eigenvalue weighted by atomic mass is 35.5. The molecule has 26 heavy (non-hydrogen) atoms. The topological polar surface area (TPSA) is 68.1 Å². The molecule has 1 aliphatic rings. The maximum Gasteiger partial charge on any atom is 0.345 e. The van der Waals surface area contributed by atoms with E-state index in [0.29, 0.717) is 21.8 Å². The summed E-state index contributed by atoms with van der Waals surface area (Å²) in [5.41, 5.74) is -0.834. The van der Waals surface area contributed by atoms with Gasteiger partial charge in [0.05, 0.1) is 5.69 Å². The van der Waals surface area contributed by atoms with Gasteiger partial charge in [0.25, 0.3) is 0 Å². The summed E-state index contributed by atoms with van der Waals surface area (Å²) in [6.45, 7) is 5.24. The molecule has 0 saturated carbocycles. The zero-order valence-corrected chi connectivity index (χ0v) is 15.6. The molecule has 5 nitrogen and oxygen atoms in total. The van der Waals surface area contributed by atoms with E-state index < -0.39 is 22.9 Å². The number of hydrogen-bond acceptors (Lipinski definition) is 5. The van der Waals surface area contributed by atoms with Crippen LogP contribution in [0.5, 0.6) is 0 Å². The predicted molar refractivity (Wildman–Crippen MR) is 99.0 cm³/mol. The van der Waals surface area contributed by atoms with Crippen molar-refractivity contribution < 1.29 is 14.3 Å². The molecule has 1 aliphatic carbocycles. The zero-order valence-electron chi connectivity index (χ0n) is 14.8. The van der Waals surface area contributed by atoms with E-state index in [-0.39, 0.29) is 6.42 Å². The number of ketones is 1. The lowest BCUT2D eigenvalue weighted by atomic mass is 9.95. The minimum atomic E-state index is -1.73. The third-order valence-electron chi connectivity index (χ3n) is 3.96. The van der Waals surface area contributed by atoms with Gasteiger partial charge in [0.15, 0.2) is 0 Å². The molecule has 134 valence electrons. The third kappa shape index (κ3) is 3.53. The lowest BCUT2D eigenvalue weighted by Gasteiger charge is -2.26. The minimum Gasteiger partial charge on any atom is -0.458 e. The first-order valence-electron chi connectivity index (χ1n) is 8.26. The van der Waals surface area contributed by atoms with Crippen LogP contribution in [-0.4, -0.2) is 22.9 Å². The Labute approximate surface area is 157 Å². The molecule has 0 aromatic heterocycles. The van der Waals surface area contributed by atoms with Crippen molar-refractivity contribution in [2.75, 3.05) is 0 Å². The van der Waals surface area contributed by atoms with Gasteiger partial charge in [0.2, 0.25) is 11.3 Å². The van der Waals surface area contributed by atoms with E-state index in [4.69, 9.17) is 16.3 Å². The van der Waals surface area contributed by atoms with Crippen LogP contribution in [0.3, 0.4) is 0 Å². The van der Waals surface area contributed by atoms with Gasteiger partial charge < -0.3 is 4.74 Å². The van der Waals surface area contributed by atoms with Gasteiger partial charge in [-0.3, -0.25) is 4.79 Å². The molecule has 1 atom stereocenters. The molecule has 0 spiro atoms. The number of hydrogen-bond donors (Lipinski definition) is 0. The van der Waals surface area contributed by atoms with Crippen molar-refractivity contribution in [1.82, 2.24) is 0 Å². The average Bonchev–Trinajstić information content (AvgIpc) is 2.85. The Hall–Kier alpha value is -2.53. The maximum absolute atomic E-state index is 13.1. The summed E-state index contributed by atoms with van der Waals surface area (Å²) in [6.07, 6.45) is 0.0764. The quantitative estimate of drug-likeness (QED) is 0.436. The number of carbonyl (C=O) groups excluding carboxylic acids is 2. The largest absolute Gasteiger partial charge is 0.458 e. The molecule has 0 bridgehead atoms. The fourth-order valence-corrected chi connectivity index (χ4v) is 2.99. The molecule has 3 rings (SSSR count). The molecule has 0 amide bonds. The number of Topliss-reactive ketones (excluding diaryl/α,β-unsaturated/α-hetero) is 1. The minimum absolute atomic E-state index is 0.0764. The molecule has 0 saturated heterocycles. The fourth-order valence-electron chi connectivity index (χ4n) is 2.80. The van der Waals surface area contributed by atoms with E-state index in [1.807, 2.05) is 6.07 Å². The first-order valence-corrected chi connectivity index (χ1v) is 8.64. The van der Waals surface area contributed by atoms with E-state index in [1.165, 1.54) is 0 Å². The molecule has 0 N–H and O–H groups in total. The SMILES string of the molecule is CC(C)(C)OC(=O)[C@@]1(N=Nc2ccccc2)Cc2cc(Cl)ccc2C1=O. The second kappa shape index (κ2) is 6.65. The van der Waals surface area contributed by atoms with Crippen molar-refractivity contribution in [3.05, 3.63) is 64.7 Å². The summed E-state index contributed by atoms with van der Waals surface area (Å²) in [7, 11) is 0. The highest BCUT2D eigenvalue weighted by Gasteiger charge is 2.54. The van der Waals surface area contributed by atoms with Gasteiger partial charge in [-0.1, -0.05) is 29.8 Å². The number of esters is 1. The summed E-state index contributed by atoms with van der Waals surface area (Å²) in [4.78, 5) is 26.0. The highest BCUT2D eigenvalue weighted by Crippen LogP contribution is 2.37. The number of azo groups is 1. The summed E-state index contributed by atoms with van der Waals surface area (Å²) < 4.78 is 5.50. The lowest BCUT2D eigenvalue weighted by molar-refractivity contribution is -0.159. The van der Waals surface area contributed by atoms with Crippen molar-refractivity contribution in [1.29, 1.82) is 0 Å². The number of halogens is 1. The Bertz CT molecular complexity index is 888. The van der Waals surface area contributed by atoms with Gasteiger partial charge in [0, 0.05) is 17.0 Å². The van der Waals surface area contributed by atoms with Crippen LogP contribution in [0.15, 0.2) is 58.8 Å². The number of benzene rings is 2. The summed E-state index contributed by atoms with van der Waals surface area (Å²) in [5.74, 6) is -1.12. The first-order chi connectivity index (χ1) is 12.2. The number of fused-ring (bicyclic) bond motifs is 1. The van der Waals surface area contributed by atoms with Crippen LogP contribution in [0, 0.1) is 0 Å². The van der Waals surface area contributed by atoms with Crippen LogP contribution in [0.1, 0.15) is 36.7 Å². The van der Waals surface area contributed by atoms with Gasteiger partial charge in [-0.25, -0.2) is 4.79 Å². The van der Waals surface area contributed by atoms with Gasteiger partial charge in [-0.2, -0.15) is 10.2 Å². The molecular weight excluding hydrogens is 352 g/mol. The van der Waals surface area contributed by atoms with Crippen LogP contribution in [0.25, 0.3) is 0 Å². The molecule has 0 aliphatic heterocycles. The summed E-state index contributed by atoms with van der Waals surface area (Å²) in [6, 6.07) is 13.9. The van der Waals surface area contributed by atoms with Crippen LogP contribution >= 0.6 is 11.6 Å². The van der Waals surface area contributed by atoms with E-state index in [9.17, 15) is 9.59 Å². The molecule has 0 heterocycles. The average molecular weight is 371 g/mol. The van der Waals surface area contributed by atoms with Crippen LogP contribution < -0.4 is 0 Å². The number of rotatable bonds is 3. The van der Waals surface area contributed by atoms with Crippen molar-refractivity contribution in [3.63, 3.8) is 0 Å². The molecule has 2 aromatic rings. The fraction of sp³-hybridized carbons (Fsp3) is 0.300. The number of ether oxygens (including phenoxy) is 1. The Morgan fingerprint density at radius 2 is 1.85 bits per heavy atom. The number of nitrogens with zero attached hydrogens (tertiary/aromatic N) is 2. The Balaban J connectivity index is 2.05. The zero-order chi connectivity index (χ0) is 18.9. The van der Waals surface area contributed by atoms with Crippen molar-refractivity contribution >= 4 is 29.0 Å². The Morgan fingerprint density at radius 3 is 2.50 bits per heavy atom. The summed E-state index contributed by atoms with van der Waals surface area (Å²) >= 11 is 6.04. The van der Waals surface area contributed by atoms with Gasteiger partial charge >= 0.3 is 5.97 Å². The van der Waals surface area contributed by atoms with E-state index in [0.717, 1.165) is 0 Å². The number of carbonyl (C=O) groups is 2. The summed E-state index contributed by atoms with van der Waals surface area (Å²) in [5, 5.41) is 8.83. The van der Waals surface area contributed by atoms with Gasteiger partial charge in [0.1, 0.15) is 5.60 Å². The van der Waals surface area contributed by atoms with Crippen molar-refractivity contribution in [3.8, 4) is 0 Å². The second-order valence-electron chi connectivity index (χ2n) is 7.21. The smallest absolute Gasteiger partial charge is 0.345 e. The second-order valence-corrected chi connectivity index (χ2v) is 7.64. The third-order valence-corrected chi connectivity index (χ3v) is 4.20. The molecule has 0 fully saturated rings. The molecule has 0 radical (unpaired) electrons. The van der Waals surface area contributed by atoms with Gasteiger partial charge in [-0.15, -0.1) is 0 Å². The van der Waals surface area contributed by atoms with E-state index in [2.05, 4.69) is 10.2 Å². The maximum atomic E-state index is 13.1. The first kappa shape index (κ1) is 18.3. The van der Waals surface area contributed by atoms with E-state index in [1.54, 1.807) is 63.2 Å².